The first kappa shape index (κ1) is 17.9. The normalized spacial score (nSPS) is 50.4. The van der Waals surface area contributed by atoms with Gasteiger partial charge in [-0.1, -0.05) is 33.6 Å². The molecule has 4 fully saturated rings. The number of hydrogen-bond acceptors (Lipinski definition) is 1. The van der Waals surface area contributed by atoms with Crippen molar-refractivity contribution >= 4 is 5.97 Å². The van der Waals surface area contributed by atoms with E-state index in [1.54, 1.807) is 0 Å². The summed E-state index contributed by atoms with van der Waals surface area (Å²) >= 11 is 0. The van der Waals surface area contributed by atoms with Crippen LogP contribution in [0, 0.1) is 46.3 Å². The zero-order chi connectivity index (χ0) is 17.8. The number of aliphatic carboxylic acids is 1. The van der Waals surface area contributed by atoms with Crippen molar-refractivity contribution in [1.82, 2.24) is 0 Å². The fourth-order valence-corrected chi connectivity index (χ4v) is 8.69. The lowest BCUT2D eigenvalue weighted by Gasteiger charge is -2.60. The van der Waals surface area contributed by atoms with E-state index in [2.05, 4.69) is 20.8 Å². The minimum Gasteiger partial charge on any atom is -0.481 e. The van der Waals surface area contributed by atoms with Crippen molar-refractivity contribution in [2.45, 2.75) is 91.4 Å². The molecule has 0 radical (unpaired) electrons. The van der Waals surface area contributed by atoms with E-state index in [1.807, 2.05) is 0 Å². The van der Waals surface area contributed by atoms with Gasteiger partial charge in [-0.25, -0.2) is 0 Å². The lowest BCUT2D eigenvalue weighted by Crippen LogP contribution is -2.53. The Balaban J connectivity index is 1.56. The Hall–Kier alpha value is -0.530. The number of carboxylic acids is 1. The van der Waals surface area contributed by atoms with Gasteiger partial charge in [0.25, 0.3) is 0 Å². The summed E-state index contributed by atoms with van der Waals surface area (Å²) in [5.74, 6) is 4.11. The summed E-state index contributed by atoms with van der Waals surface area (Å²) in [5, 5.41) is 9.27. The third-order valence-corrected chi connectivity index (χ3v) is 9.84. The van der Waals surface area contributed by atoms with Crippen LogP contribution in [-0.2, 0) is 4.79 Å². The highest BCUT2D eigenvalue weighted by Crippen LogP contribution is 2.68. The average Bonchev–Trinajstić information content (AvgIpc) is 2.91. The summed E-state index contributed by atoms with van der Waals surface area (Å²) in [4.78, 5) is 11.3. The van der Waals surface area contributed by atoms with Gasteiger partial charge in [0, 0.05) is 6.42 Å². The molecule has 2 heteroatoms. The molecule has 0 aliphatic heterocycles. The van der Waals surface area contributed by atoms with Gasteiger partial charge in [-0.2, -0.15) is 0 Å². The Morgan fingerprint density at radius 3 is 2.48 bits per heavy atom. The Morgan fingerprint density at radius 2 is 1.72 bits per heavy atom. The van der Waals surface area contributed by atoms with Crippen LogP contribution >= 0.6 is 0 Å². The fourth-order valence-electron chi connectivity index (χ4n) is 8.69. The van der Waals surface area contributed by atoms with E-state index in [-0.39, 0.29) is 0 Å². The van der Waals surface area contributed by atoms with Crippen molar-refractivity contribution in [1.29, 1.82) is 0 Å². The molecular formula is C23H38O2. The van der Waals surface area contributed by atoms with Gasteiger partial charge in [-0.3, -0.25) is 4.79 Å². The number of rotatable bonds is 3. The molecule has 4 aliphatic rings. The first-order valence-electron chi connectivity index (χ1n) is 11.1. The van der Waals surface area contributed by atoms with Crippen LogP contribution in [0.5, 0.6) is 0 Å². The van der Waals surface area contributed by atoms with Crippen LogP contribution < -0.4 is 0 Å². The molecule has 142 valence electrons. The minimum absolute atomic E-state index is 0.339. The molecule has 0 aromatic carbocycles. The van der Waals surface area contributed by atoms with Crippen molar-refractivity contribution in [3.8, 4) is 0 Å². The molecule has 0 aromatic heterocycles. The third kappa shape index (κ3) is 2.69. The lowest BCUT2D eigenvalue weighted by molar-refractivity contribution is -0.139. The van der Waals surface area contributed by atoms with E-state index in [1.165, 1.54) is 64.2 Å². The molecular weight excluding hydrogens is 308 g/mol. The Bertz CT molecular complexity index is 528. The molecule has 4 aliphatic carbocycles. The van der Waals surface area contributed by atoms with Crippen LogP contribution in [-0.4, -0.2) is 11.1 Å². The molecule has 0 saturated heterocycles. The predicted octanol–water partition coefficient (Wildman–Crippen LogP) is 6.15. The Morgan fingerprint density at radius 1 is 0.960 bits per heavy atom. The highest BCUT2D eigenvalue weighted by molar-refractivity contribution is 5.67. The van der Waals surface area contributed by atoms with Gasteiger partial charge in [-0.15, -0.1) is 0 Å². The first-order chi connectivity index (χ1) is 11.9. The zero-order valence-electron chi connectivity index (χ0n) is 16.6. The topological polar surface area (TPSA) is 37.3 Å². The number of carboxylic acid groups (broad SMARTS) is 1. The second-order valence-electron chi connectivity index (χ2n) is 10.7. The average molecular weight is 347 g/mol. The maximum absolute atomic E-state index is 11.3. The predicted molar refractivity (Wildman–Crippen MR) is 101 cm³/mol. The fraction of sp³-hybridized carbons (Fsp3) is 0.957. The van der Waals surface area contributed by atoms with Crippen molar-refractivity contribution in [3.63, 3.8) is 0 Å². The number of carbonyl (C=O) groups is 1. The van der Waals surface area contributed by atoms with Crippen LogP contribution in [0.1, 0.15) is 91.4 Å². The van der Waals surface area contributed by atoms with Gasteiger partial charge in [0.2, 0.25) is 0 Å². The maximum atomic E-state index is 11.3. The van der Waals surface area contributed by atoms with Gasteiger partial charge in [0.1, 0.15) is 0 Å². The molecule has 0 bridgehead atoms. The molecule has 0 amide bonds. The Labute approximate surface area is 154 Å². The van der Waals surface area contributed by atoms with Crippen molar-refractivity contribution < 1.29 is 9.90 Å². The van der Waals surface area contributed by atoms with Gasteiger partial charge in [-0.05, 0) is 97.7 Å². The van der Waals surface area contributed by atoms with Crippen LogP contribution in [0.15, 0.2) is 0 Å². The second kappa shape index (κ2) is 6.27. The number of fused-ring (bicyclic) bond motifs is 5. The molecule has 0 spiro atoms. The molecule has 4 saturated carbocycles. The van der Waals surface area contributed by atoms with E-state index in [9.17, 15) is 9.90 Å². The van der Waals surface area contributed by atoms with Crippen LogP contribution in [0.25, 0.3) is 0 Å². The summed E-state index contributed by atoms with van der Waals surface area (Å²) in [6, 6.07) is 0. The minimum atomic E-state index is -0.608. The van der Waals surface area contributed by atoms with Crippen molar-refractivity contribution in [2.24, 2.45) is 46.3 Å². The summed E-state index contributed by atoms with van der Waals surface area (Å²) in [7, 11) is 0. The van der Waals surface area contributed by atoms with Crippen LogP contribution in [0.2, 0.25) is 0 Å². The van der Waals surface area contributed by atoms with E-state index in [4.69, 9.17) is 0 Å². The van der Waals surface area contributed by atoms with Gasteiger partial charge in [0.15, 0.2) is 0 Å². The quantitative estimate of drug-likeness (QED) is 0.666. The summed E-state index contributed by atoms with van der Waals surface area (Å²) in [6.45, 7) is 7.40. The van der Waals surface area contributed by atoms with Gasteiger partial charge in [0.05, 0.1) is 0 Å². The molecule has 25 heavy (non-hydrogen) atoms. The monoisotopic (exact) mass is 346 g/mol. The zero-order valence-corrected chi connectivity index (χ0v) is 16.6. The van der Waals surface area contributed by atoms with Gasteiger partial charge >= 0.3 is 5.97 Å². The molecule has 1 N–H and O–H groups in total. The van der Waals surface area contributed by atoms with E-state index in [0.717, 1.165) is 23.7 Å². The molecule has 2 nitrogen and oxygen atoms in total. The Kier molecular flexibility index (Phi) is 4.48. The summed E-state index contributed by atoms with van der Waals surface area (Å²) in [6.07, 6.45) is 14.6. The number of hydrogen-bond donors (Lipinski definition) is 1. The first-order valence-corrected chi connectivity index (χ1v) is 11.1. The smallest absolute Gasteiger partial charge is 0.303 e. The van der Waals surface area contributed by atoms with Crippen LogP contribution in [0.4, 0.5) is 0 Å². The standard InChI is InChI=1S/C23H38O2/c1-15(14-21(24)25)18-9-10-19-17-8-7-16-6-4-5-12-22(16,2)20(17)11-13-23(18,19)3/h15-20H,4-14H2,1-3H3,(H,24,25)/t15-,16?,17?,18?,19?,20?,22?,23?/m1/s1. The lowest BCUT2D eigenvalue weighted by atomic mass is 9.44. The third-order valence-electron chi connectivity index (χ3n) is 9.84. The highest BCUT2D eigenvalue weighted by atomic mass is 16.4. The van der Waals surface area contributed by atoms with Crippen molar-refractivity contribution in [3.05, 3.63) is 0 Å². The van der Waals surface area contributed by atoms with Crippen molar-refractivity contribution in [2.75, 3.05) is 0 Å². The van der Waals surface area contributed by atoms with Crippen LogP contribution in [0.3, 0.4) is 0 Å². The molecule has 0 heterocycles. The van der Waals surface area contributed by atoms with E-state index in [0.29, 0.717) is 29.1 Å². The molecule has 7 unspecified atom stereocenters. The SMILES string of the molecule is C[C@H](CC(=O)O)C1CCC2C3CCC4CCCCC4(C)C3CCC21C. The second-order valence-corrected chi connectivity index (χ2v) is 10.7. The molecule has 0 aromatic rings. The van der Waals surface area contributed by atoms with E-state index < -0.39 is 5.97 Å². The van der Waals surface area contributed by atoms with Gasteiger partial charge < -0.3 is 5.11 Å². The highest BCUT2D eigenvalue weighted by Gasteiger charge is 2.60. The molecule has 8 atom stereocenters. The molecule has 4 rings (SSSR count). The maximum Gasteiger partial charge on any atom is 0.303 e. The summed E-state index contributed by atoms with van der Waals surface area (Å²) in [5.41, 5.74) is 1.03. The van der Waals surface area contributed by atoms with E-state index >= 15 is 0 Å². The largest absolute Gasteiger partial charge is 0.481 e. The summed E-state index contributed by atoms with van der Waals surface area (Å²) < 4.78 is 0.